The monoisotopic (exact) mass is 579 g/mol. The first-order valence-electron chi connectivity index (χ1n) is 13.5. The van der Waals surface area contributed by atoms with Crippen LogP contribution in [0, 0.1) is 6.92 Å². The first-order valence-corrected chi connectivity index (χ1v) is 15.0. The summed E-state index contributed by atoms with van der Waals surface area (Å²) in [7, 11) is -3.65. The van der Waals surface area contributed by atoms with E-state index in [9.17, 15) is 18.0 Å². The number of carbonyl (C=O) groups excluding carboxylic acids is 2. The lowest BCUT2D eigenvalue weighted by Crippen LogP contribution is -2.52. The molecular weight excluding hydrogens is 546 g/mol. The van der Waals surface area contributed by atoms with Crippen LogP contribution in [-0.4, -0.2) is 76.6 Å². The van der Waals surface area contributed by atoms with Gasteiger partial charge in [0.1, 0.15) is 11.5 Å². The van der Waals surface area contributed by atoms with Crippen molar-refractivity contribution in [1.82, 2.24) is 9.62 Å². The van der Waals surface area contributed by atoms with Crippen LogP contribution in [0.5, 0.6) is 11.5 Å². The Morgan fingerprint density at radius 3 is 2.49 bits per heavy atom. The number of nitrogens with one attached hydrogen (secondary N) is 1. The van der Waals surface area contributed by atoms with Crippen molar-refractivity contribution in [2.24, 2.45) is 0 Å². The van der Waals surface area contributed by atoms with E-state index in [0.29, 0.717) is 62.0 Å². The van der Waals surface area contributed by atoms with E-state index in [2.05, 4.69) is 5.32 Å². The Morgan fingerprint density at radius 2 is 1.73 bits per heavy atom. The van der Waals surface area contributed by atoms with Crippen molar-refractivity contribution in [3.05, 3.63) is 83.9 Å². The molecular formula is C30H33N3O7S. The van der Waals surface area contributed by atoms with Crippen LogP contribution in [0.25, 0.3) is 0 Å². The summed E-state index contributed by atoms with van der Waals surface area (Å²) in [6, 6.07) is 21.5. The first-order chi connectivity index (χ1) is 19.8. The van der Waals surface area contributed by atoms with E-state index < -0.39 is 16.1 Å². The molecule has 2 aliphatic heterocycles. The summed E-state index contributed by atoms with van der Waals surface area (Å²) in [6.07, 6.45) is -0.200. The molecule has 216 valence electrons. The van der Waals surface area contributed by atoms with E-state index in [1.165, 1.54) is 15.3 Å². The van der Waals surface area contributed by atoms with Gasteiger partial charge in [0.15, 0.2) is 12.7 Å². The van der Waals surface area contributed by atoms with Gasteiger partial charge in [-0.05, 0) is 54.8 Å². The standard InChI is InChI=1S/C30H33N3O7S/c1-22-19-24(41(36,37)32-15-17-38-18-16-32)11-12-26(22)39-21-29(34)33-20-28(40-27-10-6-5-9-25(27)33)30(35)31-14-13-23-7-3-2-4-8-23/h2-12,19,28H,13-18,20-21H2,1H3,(H,31,35)/t28-/m1/s1. The molecule has 0 spiro atoms. The molecule has 0 saturated carbocycles. The van der Waals surface area contributed by atoms with Crippen LogP contribution in [0.1, 0.15) is 11.1 Å². The molecule has 0 aliphatic carbocycles. The molecule has 3 aromatic carbocycles. The van der Waals surface area contributed by atoms with E-state index in [1.807, 2.05) is 30.3 Å². The third-order valence-electron chi connectivity index (χ3n) is 7.03. The van der Waals surface area contributed by atoms with Gasteiger partial charge in [-0.2, -0.15) is 4.31 Å². The van der Waals surface area contributed by atoms with Gasteiger partial charge in [0.25, 0.3) is 11.8 Å². The Morgan fingerprint density at radius 1 is 1.00 bits per heavy atom. The zero-order valence-corrected chi connectivity index (χ0v) is 23.6. The molecule has 0 radical (unpaired) electrons. The smallest absolute Gasteiger partial charge is 0.265 e. The lowest BCUT2D eigenvalue weighted by atomic mass is 10.1. The molecule has 0 unspecified atom stereocenters. The van der Waals surface area contributed by atoms with E-state index >= 15 is 0 Å². The normalized spacial score (nSPS) is 17.3. The van der Waals surface area contributed by atoms with Crippen molar-refractivity contribution < 1.29 is 32.2 Å². The summed E-state index contributed by atoms with van der Waals surface area (Å²) in [5.74, 6) is 0.175. The van der Waals surface area contributed by atoms with Gasteiger partial charge >= 0.3 is 0 Å². The molecule has 10 nitrogen and oxygen atoms in total. The average Bonchev–Trinajstić information content (AvgIpc) is 3.00. The van der Waals surface area contributed by atoms with Gasteiger partial charge in [0.05, 0.1) is 30.3 Å². The number of aryl methyl sites for hydroxylation is 1. The van der Waals surface area contributed by atoms with Crippen molar-refractivity contribution in [1.29, 1.82) is 0 Å². The molecule has 2 amide bonds. The number of sulfonamides is 1. The second-order valence-electron chi connectivity index (χ2n) is 9.84. The third kappa shape index (κ3) is 6.70. The Labute approximate surface area is 239 Å². The topological polar surface area (TPSA) is 114 Å². The fraction of sp³-hybridized carbons (Fsp3) is 0.333. The maximum atomic E-state index is 13.3. The first kappa shape index (κ1) is 28.6. The predicted molar refractivity (Wildman–Crippen MR) is 153 cm³/mol. The van der Waals surface area contributed by atoms with Crippen LogP contribution in [0.15, 0.2) is 77.7 Å². The van der Waals surface area contributed by atoms with Gasteiger partial charge in [-0.3, -0.25) is 9.59 Å². The van der Waals surface area contributed by atoms with Gasteiger partial charge in [-0.15, -0.1) is 0 Å². The minimum atomic E-state index is -3.65. The molecule has 1 fully saturated rings. The number of morpholine rings is 1. The highest BCUT2D eigenvalue weighted by atomic mass is 32.2. The average molecular weight is 580 g/mol. The van der Waals surface area contributed by atoms with Crippen molar-refractivity contribution in [2.45, 2.75) is 24.3 Å². The molecule has 1 N–H and O–H groups in total. The van der Waals surface area contributed by atoms with Gasteiger partial charge in [-0.25, -0.2) is 8.42 Å². The minimum Gasteiger partial charge on any atom is -0.483 e. The fourth-order valence-corrected chi connectivity index (χ4v) is 6.29. The van der Waals surface area contributed by atoms with Gasteiger partial charge in [0, 0.05) is 19.6 Å². The number of hydrogen-bond acceptors (Lipinski definition) is 7. The Hall–Kier alpha value is -3.93. The number of ether oxygens (including phenoxy) is 3. The van der Waals surface area contributed by atoms with Gasteiger partial charge in [-0.1, -0.05) is 42.5 Å². The SMILES string of the molecule is Cc1cc(S(=O)(=O)N2CCOCC2)ccc1OCC(=O)N1C[C@H](C(=O)NCCc2ccccc2)Oc2ccccc21. The van der Waals surface area contributed by atoms with Crippen molar-refractivity contribution in [2.75, 3.05) is 50.9 Å². The fourth-order valence-electron chi connectivity index (χ4n) is 4.79. The predicted octanol–water partition coefficient (Wildman–Crippen LogP) is 2.55. The molecule has 1 saturated heterocycles. The molecule has 3 aromatic rings. The number of amides is 2. The minimum absolute atomic E-state index is 0.0338. The molecule has 2 heterocycles. The van der Waals surface area contributed by atoms with E-state index in [-0.39, 0.29) is 29.9 Å². The van der Waals surface area contributed by atoms with Crippen LogP contribution in [0.2, 0.25) is 0 Å². The van der Waals surface area contributed by atoms with Crippen molar-refractivity contribution in [3.63, 3.8) is 0 Å². The molecule has 0 aromatic heterocycles. The molecule has 11 heteroatoms. The van der Waals surface area contributed by atoms with E-state index in [0.717, 1.165) is 5.56 Å². The van der Waals surface area contributed by atoms with Gasteiger partial charge in [0.2, 0.25) is 10.0 Å². The Kier molecular flexibility index (Phi) is 8.87. The highest BCUT2D eigenvalue weighted by Gasteiger charge is 2.34. The van der Waals surface area contributed by atoms with E-state index in [4.69, 9.17) is 14.2 Å². The Bertz CT molecular complexity index is 1490. The maximum absolute atomic E-state index is 13.3. The zero-order valence-electron chi connectivity index (χ0n) is 22.8. The summed E-state index contributed by atoms with van der Waals surface area (Å²) in [6.45, 7) is 3.25. The quantitative estimate of drug-likeness (QED) is 0.415. The number of carbonyl (C=O) groups is 2. The Balaban J connectivity index is 1.22. The number of hydrogen-bond donors (Lipinski definition) is 1. The summed E-state index contributed by atoms with van der Waals surface area (Å²) < 4.78 is 44.4. The van der Waals surface area contributed by atoms with Crippen molar-refractivity contribution >= 4 is 27.5 Å². The summed E-state index contributed by atoms with van der Waals surface area (Å²) >= 11 is 0. The lowest BCUT2D eigenvalue weighted by molar-refractivity contribution is -0.128. The number of anilines is 1. The largest absolute Gasteiger partial charge is 0.483 e. The molecule has 5 rings (SSSR count). The van der Waals surface area contributed by atoms with Crippen LogP contribution >= 0.6 is 0 Å². The molecule has 41 heavy (non-hydrogen) atoms. The number of rotatable bonds is 9. The summed E-state index contributed by atoms with van der Waals surface area (Å²) in [5.41, 5.74) is 2.25. The highest BCUT2D eigenvalue weighted by molar-refractivity contribution is 7.89. The maximum Gasteiger partial charge on any atom is 0.265 e. The molecule has 1 atom stereocenters. The number of benzene rings is 3. The molecule has 2 aliphatic rings. The van der Waals surface area contributed by atoms with Crippen molar-refractivity contribution in [3.8, 4) is 11.5 Å². The van der Waals surface area contributed by atoms with E-state index in [1.54, 1.807) is 43.3 Å². The highest BCUT2D eigenvalue weighted by Crippen LogP contribution is 2.33. The second-order valence-corrected chi connectivity index (χ2v) is 11.8. The van der Waals surface area contributed by atoms with Crippen LogP contribution in [-0.2, 0) is 30.8 Å². The lowest BCUT2D eigenvalue weighted by Gasteiger charge is -2.34. The number of para-hydroxylation sites is 2. The van der Waals surface area contributed by atoms with Crippen LogP contribution in [0.4, 0.5) is 5.69 Å². The van der Waals surface area contributed by atoms with Gasteiger partial charge < -0.3 is 24.4 Å². The van der Waals surface area contributed by atoms with Crippen LogP contribution in [0.3, 0.4) is 0 Å². The molecule has 0 bridgehead atoms. The third-order valence-corrected chi connectivity index (χ3v) is 8.92. The zero-order chi connectivity index (χ0) is 28.8. The second kappa shape index (κ2) is 12.7. The summed E-state index contributed by atoms with van der Waals surface area (Å²) in [5, 5.41) is 2.90. The summed E-state index contributed by atoms with van der Waals surface area (Å²) in [4.78, 5) is 28.0. The number of fused-ring (bicyclic) bond motifs is 1. The number of nitrogens with zero attached hydrogens (tertiary/aromatic N) is 2. The van der Waals surface area contributed by atoms with Crippen LogP contribution < -0.4 is 19.7 Å².